The molecular weight excluding hydrogens is 236 g/mol. The molecule has 0 N–H and O–H groups in total. The summed E-state index contributed by atoms with van der Waals surface area (Å²) in [6.07, 6.45) is 3.64. The Morgan fingerprint density at radius 1 is 0.895 bits per heavy atom. The molecule has 2 heteroatoms. The van der Waals surface area contributed by atoms with E-state index in [1.807, 2.05) is 48.5 Å². The van der Waals surface area contributed by atoms with Crippen molar-refractivity contribution in [1.82, 2.24) is 0 Å². The lowest BCUT2D eigenvalue weighted by Gasteiger charge is -2.12. The molecule has 3 rings (SSSR count). The largest absolute Gasteiger partial charge is 0.495 e. The lowest BCUT2D eigenvalue weighted by molar-refractivity contribution is 0.369. The SMILES string of the molecule is COC1=C(c2ccccc2)C=COc2ccccc21. The molecule has 0 unspecified atom stereocenters. The van der Waals surface area contributed by atoms with Gasteiger partial charge in [0.1, 0.15) is 11.5 Å². The van der Waals surface area contributed by atoms with Crippen LogP contribution in [0.2, 0.25) is 0 Å². The monoisotopic (exact) mass is 250 g/mol. The fourth-order valence-electron chi connectivity index (χ4n) is 2.22. The molecule has 0 aromatic heterocycles. The molecule has 0 bridgehead atoms. The van der Waals surface area contributed by atoms with Gasteiger partial charge < -0.3 is 9.47 Å². The predicted molar refractivity (Wildman–Crippen MR) is 76.5 cm³/mol. The first-order valence-corrected chi connectivity index (χ1v) is 6.16. The summed E-state index contributed by atoms with van der Waals surface area (Å²) in [7, 11) is 1.69. The topological polar surface area (TPSA) is 18.5 Å². The number of ether oxygens (including phenoxy) is 2. The van der Waals surface area contributed by atoms with Crippen molar-refractivity contribution in [2.24, 2.45) is 0 Å². The first-order valence-electron chi connectivity index (χ1n) is 6.16. The molecule has 0 amide bonds. The van der Waals surface area contributed by atoms with Crippen LogP contribution in [-0.4, -0.2) is 7.11 Å². The van der Waals surface area contributed by atoms with Crippen LogP contribution in [0.1, 0.15) is 11.1 Å². The molecule has 0 spiro atoms. The van der Waals surface area contributed by atoms with Crippen molar-refractivity contribution >= 4 is 11.3 Å². The zero-order valence-corrected chi connectivity index (χ0v) is 10.7. The normalized spacial score (nSPS) is 13.5. The van der Waals surface area contributed by atoms with E-state index in [2.05, 4.69) is 12.1 Å². The summed E-state index contributed by atoms with van der Waals surface area (Å²) in [6.45, 7) is 0. The highest BCUT2D eigenvalue weighted by Gasteiger charge is 2.16. The third kappa shape index (κ3) is 2.13. The average molecular weight is 250 g/mol. The number of fused-ring (bicyclic) bond motifs is 1. The van der Waals surface area contributed by atoms with Crippen molar-refractivity contribution in [3.63, 3.8) is 0 Å². The molecule has 19 heavy (non-hydrogen) atoms. The van der Waals surface area contributed by atoms with Crippen molar-refractivity contribution in [2.75, 3.05) is 7.11 Å². The van der Waals surface area contributed by atoms with Crippen LogP contribution in [-0.2, 0) is 4.74 Å². The molecule has 2 aromatic carbocycles. The van der Waals surface area contributed by atoms with E-state index in [-0.39, 0.29) is 0 Å². The van der Waals surface area contributed by atoms with Gasteiger partial charge in [0.05, 0.1) is 18.9 Å². The van der Waals surface area contributed by atoms with Crippen LogP contribution < -0.4 is 4.74 Å². The summed E-state index contributed by atoms with van der Waals surface area (Å²) >= 11 is 0. The zero-order chi connectivity index (χ0) is 13.1. The van der Waals surface area contributed by atoms with E-state index < -0.39 is 0 Å². The second kappa shape index (κ2) is 5.02. The quantitative estimate of drug-likeness (QED) is 0.798. The number of allylic oxidation sites excluding steroid dienone is 2. The minimum absolute atomic E-state index is 0.807. The second-order valence-corrected chi connectivity index (χ2v) is 4.23. The molecule has 1 aliphatic rings. The molecule has 2 aromatic rings. The summed E-state index contributed by atoms with van der Waals surface area (Å²) in [5.41, 5.74) is 3.10. The number of benzene rings is 2. The van der Waals surface area contributed by atoms with E-state index >= 15 is 0 Å². The van der Waals surface area contributed by atoms with E-state index in [0.717, 1.165) is 28.2 Å². The summed E-state index contributed by atoms with van der Waals surface area (Å²) in [6, 6.07) is 18.0. The lowest BCUT2D eigenvalue weighted by Crippen LogP contribution is -1.93. The number of hydrogen-bond donors (Lipinski definition) is 0. The summed E-state index contributed by atoms with van der Waals surface area (Å²) in [5.74, 6) is 1.64. The number of rotatable bonds is 2. The molecule has 0 radical (unpaired) electrons. The maximum Gasteiger partial charge on any atom is 0.137 e. The van der Waals surface area contributed by atoms with Gasteiger partial charge in [-0.15, -0.1) is 0 Å². The summed E-state index contributed by atoms with van der Waals surface area (Å²) in [4.78, 5) is 0. The van der Waals surface area contributed by atoms with Crippen molar-refractivity contribution < 1.29 is 9.47 Å². The number of hydrogen-bond acceptors (Lipinski definition) is 2. The molecule has 1 heterocycles. The van der Waals surface area contributed by atoms with Crippen LogP contribution in [0.4, 0.5) is 0 Å². The maximum atomic E-state index is 5.63. The first kappa shape index (κ1) is 11.6. The van der Waals surface area contributed by atoms with Gasteiger partial charge in [0, 0.05) is 5.57 Å². The molecule has 0 saturated carbocycles. The average Bonchev–Trinajstić information content (AvgIpc) is 2.67. The van der Waals surface area contributed by atoms with E-state index in [1.165, 1.54) is 0 Å². The molecule has 94 valence electrons. The lowest BCUT2D eigenvalue weighted by atomic mass is 10.0. The van der Waals surface area contributed by atoms with Gasteiger partial charge in [-0.05, 0) is 23.8 Å². The van der Waals surface area contributed by atoms with Crippen LogP contribution in [0.25, 0.3) is 11.3 Å². The van der Waals surface area contributed by atoms with Crippen molar-refractivity contribution in [2.45, 2.75) is 0 Å². The Morgan fingerprint density at radius 2 is 1.63 bits per heavy atom. The second-order valence-electron chi connectivity index (χ2n) is 4.23. The molecule has 0 aliphatic carbocycles. The fraction of sp³-hybridized carbons (Fsp3) is 0.0588. The Labute approximate surface area is 112 Å². The van der Waals surface area contributed by atoms with Gasteiger partial charge in [-0.1, -0.05) is 42.5 Å². The standard InChI is InChI=1S/C17H14O2/c1-18-17-14(13-7-3-2-4-8-13)11-12-19-16-10-6-5-9-15(16)17/h2-12H,1H3. The molecule has 0 fully saturated rings. The Bertz CT molecular complexity index is 639. The van der Waals surface area contributed by atoms with Gasteiger partial charge in [-0.25, -0.2) is 0 Å². The summed E-state index contributed by atoms with van der Waals surface area (Å²) < 4.78 is 11.2. The van der Waals surface area contributed by atoms with E-state index in [4.69, 9.17) is 9.47 Å². The van der Waals surface area contributed by atoms with Crippen LogP contribution in [0.15, 0.2) is 66.9 Å². The van der Waals surface area contributed by atoms with Crippen molar-refractivity contribution in [1.29, 1.82) is 0 Å². The van der Waals surface area contributed by atoms with Gasteiger partial charge in [-0.3, -0.25) is 0 Å². The summed E-state index contributed by atoms with van der Waals surface area (Å²) in [5, 5.41) is 0. The molecule has 1 aliphatic heterocycles. The third-order valence-corrected chi connectivity index (χ3v) is 3.09. The fourth-order valence-corrected chi connectivity index (χ4v) is 2.22. The van der Waals surface area contributed by atoms with Crippen LogP contribution in [0.3, 0.4) is 0 Å². The minimum atomic E-state index is 0.807. The highest BCUT2D eigenvalue weighted by molar-refractivity contribution is 5.94. The molecular formula is C17H14O2. The van der Waals surface area contributed by atoms with Gasteiger partial charge in [0.15, 0.2) is 0 Å². The van der Waals surface area contributed by atoms with Gasteiger partial charge >= 0.3 is 0 Å². The van der Waals surface area contributed by atoms with Crippen molar-refractivity contribution in [3.05, 3.63) is 78.1 Å². The van der Waals surface area contributed by atoms with Gasteiger partial charge in [0.2, 0.25) is 0 Å². The Kier molecular flexibility index (Phi) is 3.07. The first-order chi connectivity index (χ1) is 9.40. The van der Waals surface area contributed by atoms with E-state index in [0.29, 0.717) is 0 Å². The smallest absolute Gasteiger partial charge is 0.137 e. The van der Waals surface area contributed by atoms with Crippen LogP contribution >= 0.6 is 0 Å². The van der Waals surface area contributed by atoms with Crippen LogP contribution in [0, 0.1) is 0 Å². The number of para-hydroxylation sites is 1. The zero-order valence-electron chi connectivity index (χ0n) is 10.7. The van der Waals surface area contributed by atoms with E-state index in [9.17, 15) is 0 Å². The van der Waals surface area contributed by atoms with Gasteiger partial charge in [-0.2, -0.15) is 0 Å². The Morgan fingerprint density at radius 3 is 2.42 bits per heavy atom. The highest BCUT2D eigenvalue weighted by Crippen LogP contribution is 2.35. The van der Waals surface area contributed by atoms with E-state index in [1.54, 1.807) is 13.4 Å². The predicted octanol–water partition coefficient (Wildman–Crippen LogP) is 4.11. The number of methoxy groups -OCH3 is 1. The minimum Gasteiger partial charge on any atom is -0.495 e. The maximum absolute atomic E-state index is 5.63. The van der Waals surface area contributed by atoms with Gasteiger partial charge in [0.25, 0.3) is 0 Å². The highest BCUT2D eigenvalue weighted by atomic mass is 16.5. The van der Waals surface area contributed by atoms with Crippen LogP contribution in [0.5, 0.6) is 5.75 Å². The molecule has 0 saturated heterocycles. The third-order valence-electron chi connectivity index (χ3n) is 3.09. The molecule has 2 nitrogen and oxygen atoms in total. The molecule has 0 atom stereocenters. The Balaban J connectivity index is 2.23. The van der Waals surface area contributed by atoms with Crippen molar-refractivity contribution in [3.8, 4) is 5.75 Å². The Hall–Kier alpha value is -2.48.